The number of benzene rings is 1. The van der Waals surface area contributed by atoms with Crippen LogP contribution in [0.1, 0.15) is 50.8 Å². The third-order valence-corrected chi connectivity index (χ3v) is 4.02. The van der Waals surface area contributed by atoms with Crippen LogP contribution in [0, 0.1) is 0 Å². The zero-order valence-corrected chi connectivity index (χ0v) is 14.6. The van der Waals surface area contributed by atoms with Gasteiger partial charge in [0.25, 0.3) is 0 Å². The van der Waals surface area contributed by atoms with E-state index in [2.05, 4.69) is 12.1 Å². The third-order valence-electron chi connectivity index (χ3n) is 4.02. The Morgan fingerprint density at radius 1 is 1.13 bits per heavy atom. The van der Waals surface area contributed by atoms with E-state index < -0.39 is 5.60 Å². The summed E-state index contributed by atoms with van der Waals surface area (Å²) in [5.74, 6) is 0.258. The number of fused-ring (bicyclic) bond motifs is 1. The fourth-order valence-corrected chi connectivity index (χ4v) is 2.75. The number of amides is 1. The van der Waals surface area contributed by atoms with Crippen LogP contribution in [0.5, 0.6) is 0 Å². The van der Waals surface area contributed by atoms with Crippen LogP contribution in [-0.4, -0.2) is 35.5 Å². The molecule has 1 aromatic carbocycles. The maximum atomic E-state index is 12.2. The molecule has 1 aromatic rings. The Hall–Kier alpha value is -1.84. The van der Waals surface area contributed by atoms with E-state index in [0.29, 0.717) is 25.9 Å². The van der Waals surface area contributed by atoms with Crippen molar-refractivity contribution in [2.24, 2.45) is 0 Å². The first-order valence-corrected chi connectivity index (χ1v) is 8.39. The number of rotatable bonds is 3. The molecule has 0 aromatic heterocycles. The Kier molecular flexibility index (Phi) is 5.45. The minimum atomic E-state index is -0.468. The summed E-state index contributed by atoms with van der Waals surface area (Å²) in [6.07, 6.45) is 2.47. The lowest BCUT2D eigenvalue weighted by atomic mass is 9.97. The monoisotopic (exact) mass is 317 g/mol. The molecule has 1 heterocycles. The fourth-order valence-electron chi connectivity index (χ4n) is 2.75. The van der Waals surface area contributed by atoms with Crippen LogP contribution in [0.3, 0.4) is 0 Å². The summed E-state index contributed by atoms with van der Waals surface area (Å²) in [5.41, 5.74) is 3.12. The molecule has 0 N–H and O–H groups in total. The molecule has 1 aliphatic rings. The van der Waals surface area contributed by atoms with E-state index >= 15 is 0 Å². The molecule has 4 nitrogen and oxygen atoms in total. The second kappa shape index (κ2) is 7.16. The van der Waals surface area contributed by atoms with Gasteiger partial charge in [0.15, 0.2) is 0 Å². The number of Topliss-reactive ketones (excluding diaryl/α,β-unsaturated/α-hetero) is 1. The molecule has 1 amide bonds. The molecule has 0 radical (unpaired) electrons. The molecule has 0 atom stereocenters. The summed E-state index contributed by atoms with van der Waals surface area (Å²) in [7, 11) is 0. The van der Waals surface area contributed by atoms with Gasteiger partial charge in [-0.15, -0.1) is 0 Å². The summed E-state index contributed by atoms with van der Waals surface area (Å²) in [4.78, 5) is 25.6. The van der Waals surface area contributed by atoms with Gasteiger partial charge in [0.1, 0.15) is 11.4 Å². The number of ether oxygens (including phenoxy) is 1. The van der Waals surface area contributed by atoms with E-state index in [1.54, 1.807) is 4.90 Å². The van der Waals surface area contributed by atoms with E-state index in [9.17, 15) is 9.59 Å². The third kappa shape index (κ3) is 5.08. The summed E-state index contributed by atoms with van der Waals surface area (Å²) in [6, 6.07) is 6.27. The van der Waals surface area contributed by atoms with E-state index in [0.717, 1.165) is 18.4 Å². The van der Waals surface area contributed by atoms with Crippen LogP contribution in [0.15, 0.2) is 18.2 Å². The van der Waals surface area contributed by atoms with Gasteiger partial charge in [-0.25, -0.2) is 4.79 Å². The average Bonchev–Trinajstić information content (AvgIpc) is 2.67. The van der Waals surface area contributed by atoms with Gasteiger partial charge in [0.05, 0.1) is 0 Å². The summed E-state index contributed by atoms with van der Waals surface area (Å²) in [5, 5.41) is 0. The van der Waals surface area contributed by atoms with Gasteiger partial charge < -0.3 is 9.64 Å². The summed E-state index contributed by atoms with van der Waals surface area (Å²) >= 11 is 0. The highest BCUT2D eigenvalue weighted by Gasteiger charge is 2.24. The first-order valence-electron chi connectivity index (χ1n) is 8.39. The van der Waals surface area contributed by atoms with Crippen molar-refractivity contribution in [3.05, 3.63) is 34.9 Å². The maximum absolute atomic E-state index is 12.2. The molecule has 0 fully saturated rings. The molecule has 0 spiro atoms. The van der Waals surface area contributed by atoms with Crippen molar-refractivity contribution in [2.45, 2.75) is 59.0 Å². The molecular weight excluding hydrogens is 290 g/mol. The predicted octanol–water partition coefficient (Wildman–Crippen LogP) is 3.54. The van der Waals surface area contributed by atoms with Crippen LogP contribution >= 0.6 is 0 Å². The van der Waals surface area contributed by atoms with Crippen molar-refractivity contribution < 1.29 is 14.3 Å². The Morgan fingerprint density at radius 3 is 2.39 bits per heavy atom. The van der Waals surface area contributed by atoms with Gasteiger partial charge in [-0.2, -0.15) is 0 Å². The van der Waals surface area contributed by atoms with Gasteiger partial charge in [-0.3, -0.25) is 4.79 Å². The van der Waals surface area contributed by atoms with Gasteiger partial charge in [0.2, 0.25) is 0 Å². The molecule has 0 saturated heterocycles. The van der Waals surface area contributed by atoms with Crippen molar-refractivity contribution in [1.82, 2.24) is 4.90 Å². The van der Waals surface area contributed by atoms with Gasteiger partial charge in [-0.05, 0) is 50.3 Å². The molecule has 0 saturated carbocycles. The second-order valence-corrected chi connectivity index (χ2v) is 7.14. The van der Waals surface area contributed by atoms with E-state index in [1.807, 2.05) is 33.8 Å². The number of hydrogen-bond donors (Lipinski definition) is 0. The largest absolute Gasteiger partial charge is 0.444 e. The Labute approximate surface area is 138 Å². The van der Waals surface area contributed by atoms with Crippen LogP contribution in [0.4, 0.5) is 4.79 Å². The van der Waals surface area contributed by atoms with E-state index in [1.165, 1.54) is 11.1 Å². The molecule has 0 aliphatic carbocycles. The number of ketones is 1. The molecule has 1 aliphatic heterocycles. The van der Waals surface area contributed by atoms with Crippen molar-refractivity contribution in [1.29, 1.82) is 0 Å². The van der Waals surface area contributed by atoms with Crippen LogP contribution < -0.4 is 0 Å². The number of carbonyl (C=O) groups excluding carboxylic acids is 2. The lowest BCUT2D eigenvalue weighted by Crippen LogP contribution is -2.38. The topological polar surface area (TPSA) is 46.6 Å². The second-order valence-electron chi connectivity index (χ2n) is 7.14. The highest BCUT2D eigenvalue weighted by molar-refractivity contribution is 5.80. The Morgan fingerprint density at radius 2 is 1.78 bits per heavy atom. The summed E-state index contributed by atoms with van der Waals surface area (Å²) in [6.45, 7) is 8.88. The quantitative estimate of drug-likeness (QED) is 0.856. The highest BCUT2D eigenvalue weighted by atomic mass is 16.6. The molecule has 2 rings (SSSR count). The first-order chi connectivity index (χ1) is 10.8. The molecular formula is C19H27NO3. The molecule has 0 bridgehead atoms. The lowest BCUT2D eigenvalue weighted by Gasteiger charge is -2.26. The molecule has 126 valence electrons. The van der Waals surface area contributed by atoms with E-state index in [4.69, 9.17) is 4.74 Å². The minimum Gasteiger partial charge on any atom is -0.444 e. The number of carbonyl (C=O) groups is 2. The van der Waals surface area contributed by atoms with E-state index in [-0.39, 0.29) is 11.9 Å². The minimum absolute atomic E-state index is 0.244. The van der Waals surface area contributed by atoms with Crippen LogP contribution in [0.2, 0.25) is 0 Å². The zero-order valence-electron chi connectivity index (χ0n) is 14.6. The predicted molar refractivity (Wildman–Crippen MR) is 90.7 cm³/mol. The summed E-state index contributed by atoms with van der Waals surface area (Å²) < 4.78 is 5.46. The normalized spacial score (nSPS) is 14.9. The number of nitrogens with zero attached hydrogens (tertiary/aromatic N) is 1. The zero-order chi connectivity index (χ0) is 17.0. The lowest BCUT2D eigenvalue weighted by molar-refractivity contribution is -0.118. The average molecular weight is 317 g/mol. The van der Waals surface area contributed by atoms with Crippen molar-refractivity contribution in [2.75, 3.05) is 13.1 Å². The van der Waals surface area contributed by atoms with Crippen LogP contribution in [-0.2, 0) is 28.8 Å². The standard InChI is InChI=1S/C19H27NO3/c1-5-17(21)13-14-6-7-15-8-10-20(11-9-16(15)12-14)18(22)23-19(2,3)4/h6-7,12H,5,8-11,13H2,1-4H3. The SMILES string of the molecule is CCC(=O)Cc1ccc2c(c1)CCN(C(=O)OC(C)(C)C)CC2. The van der Waals surface area contributed by atoms with Gasteiger partial charge in [0, 0.05) is 25.9 Å². The van der Waals surface area contributed by atoms with Crippen molar-refractivity contribution in [3.8, 4) is 0 Å². The Bertz CT molecular complexity index is 587. The maximum Gasteiger partial charge on any atom is 0.410 e. The smallest absolute Gasteiger partial charge is 0.410 e. The van der Waals surface area contributed by atoms with Gasteiger partial charge >= 0.3 is 6.09 Å². The molecule has 4 heteroatoms. The highest BCUT2D eigenvalue weighted by Crippen LogP contribution is 2.20. The number of hydrogen-bond acceptors (Lipinski definition) is 3. The first kappa shape index (κ1) is 17.5. The molecule has 23 heavy (non-hydrogen) atoms. The van der Waals surface area contributed by atoms with Gasteiger partial charge in [-0.1, -0.05) is 25.1 Å². The Balaban J connectivity index is 2.05. The van der Waals surface area contributed by atoms with Crippen molar-refractivity contribution in [3.63, 3.8) is 0 Å². The van der Waals surface area contributed by atoms with Crippen molar-refractivity contribution >= 4 is 11.9 Å². The van der Waals surface area contributed by atoms with Crippen LogP contribution in [0.25, 0.3) is 0 Å². The fraction of sp³-hybridized carbons (Fsp3) is 0.579. The molecule has 0 unspecified atom stereocenters.